The third kappa shape index (κ3) is 2.38. The molecule has 1 nitrogen and oxygen atoms in total. The average molecular weight is 264 g/mol. The lowest BCUT2D eigenvalue weighted by Gasteiger charge is -2.12. The van der Waals surface area contributed by atoms with Gasteiger partial charge in [0.2, 0.25) is 0 Å². The molecule has 0 aliphatic carbocycles. The topological polar surface area (TPSA) is 17.1 Å². The molecule has 0 amide bonds. The van der Waals surface area contributed by atoms with E-state index < -0.39 is 28.9 Å². The van der Waals surface area contributed by atoms with Crippen molar-refractivity contribution in [2.75, 3.05) is 0 Å². The molecule has 0 aliphatic heterocycles. The van der Waals surface area contributed by atoms with Crippen molar-refractivity contribution in [1.82, 2.24) is 0 Å². The standard InChI is InChI=1S/C15H11F3O/c1-9(8-19)13-12(16)7-11(14(17)15(13)18)10-5-3-2-4-6-10/h2-9H,1H3. The van der Waals surface area contributed by atoms with Crippen LogP contribution in [0, 0.1) is 17.5 Å². The van der Waals surface area contributed by atoms with E-state index in [9.17, 15) is 18.0 Å². The lowest BCUT2D eigenvalue weighted by molar-refractivity contribution is -0.108. The minimum absolute atomic E-state index is 0.155. The molecule has 4 heteroatoms. The first-order valence-corrected chi connectivity index (χ1v) is 5.74. The molecule has 0 spiro atoms. The first-order valence-electron chi connectivity index (χ1n) is 5.74. The van der Waals surface area contributed by atoms with Crippen molar-refractivity contribution < 1.29 is 18.0 Å². The first-order chi connectivity index (χ1) is 9.06. The predicted molar refractivity (Wildman–Crippen MR) is 66.2 cm³/mol. The lowest BCUT2D eigenvalue weighted by Crippen LogP contribution is -2.06. The van der Waals surface area contributed by atoms with Gasteiger partial charge in [-0.15, -0.1) is 0 Å². The highest BCUT2D eigenvalue weighted by atomic mass is 19.2. The van der Waals surface area contributed by atoms with Crippen molar-refractivity contribution in [3.63, 3.8) is 0 Å². The largest absolute Gasteiger partial charge is 0.303 e. The molecule has 1 atom stereocenters. The number of halogens is 3. The maximum absolute atomic E-state index is 14.0. The van der Waals surface area contributed by atoms with Crippen molar-refractivity contribution in [2.45, 2.75) is 12.8 Å². The second-order valence-corrected chi connectivity index (χ2v) is 4.24. The van der Waals surface area contributed by atoms with Crippen LogP contribution in [0.2, 0.25) is 0 Å². The van der Waals surface area contributed by atoms with Gasteiger partial charge in [-0.3, -0.25) is 0 Å². The minimum atomic E-state index is -1.31. The molecule has 0 saturated heterocycles. The number of carbonyl (C=O) groups is 1. The van der Waals surface area contributed by atoms with E-state index in [0.717, 1.165) is 6.07 Å². The molecule has 0 aliphatic rings. The Bertz CT molecular complexity index is 609. The quantitative estimate of drug-likeness (QED) is 0.603. The van der Waals surface area contributed by atoms with Gasteiger partial charge >= 0.3 is 0 Å². The van der Waals surface area contributed by atoms with E-state index in [1.165, 1.54) is 6.92 Å². The van der Waals surface area contributed by atoms with Gasteiger partial charge in [-0.25, -0.2) is 13.2 Å². The van der Waals surface area contributed by atoms with Gasteiger partial charge in [-0.1, -0.05) is 37.3 Å². The van der Waals surface area contributed by atoms with Gasteiger partial charge in [0.05, 0.1) is 0 Å². The number of hydrogen-bond donors (Lipinski definition) is 0. The van der Waals surface area contributed by atoms with E-state index in [-0.39, 0.29) is 5.56 Å². The predicted octanol–water partition coefficient (Wildman–Crippen LogP) is 4.07. The molecule has 0 aromatic heterocycles. The van der Waals surface area contributed by atoms with Gasteiger partial charge in [0.15, 0.2) is 11.6 Å². The van der Waals surface area contributed by atoms with E-state index in [1.54, 1.807) is 30.3 Å². The zero-order valence-electron chi connectivity index (χ0n) is 10.2. The molecule has 0 fully saturated rings. The number of benzene rings is 2. The molecule has 2 aromatic carbocycles. The Balaban J connectivity index is 2.65. The number of aldehydes is 1. The summed E-state index contributed by atoms with van der Waals surface area (Å²) >= 11 is 0. The summed E-state index contributed by atoms with van der Waals surface area (Å²) in [7, 11) is 0. The third-order valence-corrected chi connectivity index (χ3v) is 2.94. The molecule has 98 valence electrons. The van der Waals surface area contributed by atoms with Crippen LogP contribution < -0.4 is 0 Å². The summed E-state index contributed by atoms with van der Waals surface area (Å²) in [5.41, 5.74) is -0.312. The maximum atomic E-state index is 14.0. The van der Waals surface area contributed by atoms with Crippen LogP contribution in [-0.2, 0) is 4.79 Å². The fourth-order valence-corrected chi connectivity index (χ4v) is 1.92. The Morgan fingerprint density at radius 2 is 1.68 bits per heavy atom. The van der Waals surface area contributed by atoms with Crippen molar-refractivity contribution >= 4 is 6.29 Å². The Hall–Kier alpha value is -2.10. The van der Waals surface area contributed by atoms with Crippen LogP contribution in [-0.4, -0.2) is 6.29 Å². The first kappa shape index (κ1) is 13.3. The van der Waals surface area contributed by atoms with Gasteiger partial charge in [-0.2, -0.15) is 0 Å². The molecular weight excluding hydrogens is 253 g/mol. The van der Waals surface area contributed by atoms with E-state index in [0.29, 0.717) is 11.8 Å². The van der Waals surface area contributed by atoms with E-state index in [2.05, 4.69) is 0 Å². The Kier molecular flexibility index (Phi) is 3.69. The molecule has 1 unspecified atom stereocenters. The number of rotatable bonds is 3. The summed E-state index contributed by atoms with van der Waals surface area (Å²) < 4.78 is 41.7. The fraction of sp³-hybridized carbons (Fsp3) is 0.133. The number of carbonyl (C=O) groups excluding carboxylic acids is 1. The number of hydrogen-bond acceptors (Lipinski definition) is 1. The summed E-state index contributed by atoms with van der Waals surface area (Å²) in [5.74, 6) is -4.40. The summed E-state index contributed by atoms with van der Waals surface area (Å²) in [6.45, 7) is 1.32. The SMILES string of the molecule is CC(C=O)c1c(F)cc(-c2ccccc2)c(F)c1F. The highest BCUT2D eigenvalue weighted by Crippen LogP contribution is 2.31. The Morgan fingerprint density at radius 3 is 2.26 bits per heavy atom. The van der Waals surface area contributed by atoms with Crippen molar-refractivity contribution in [3.8, 4) is 11.1 Å². The average Bonchev–Trinajstić information content (AvgIpc) is 2.43. The van der Waals surface area contributed by atoms with Crippen LogP contribution in [0.1, 0.15) is 18.4 Å². The van der Waals surface area contributed by atoms with Gasteiger partial charge < -0.3 is 4.79 Å². The van der Waals surface area contributed by atoms with Crippen molar-refractivity contribution in [3.05, 3.63) is 59.4 Å². The van der Waals surface area contributed by atoms with Gasteiger partial charge in [0.25, 0.3) is 0 Å². The Labute approximate surface area is 108 Å². The summed E-state index contributed by atoms with van der Waals surface area (Å²) in [5, 5.41) is 0. The van der Waals surface area contributed by atoms with Crippen LogP contribution in [0.5, 0.6) is 0 Å². The van der Waals surface area contributed by atoms with E-state index in [1.807, 2.05) is 0 Å². The highest BCUT2D eigenvalue weighted by molar-refractivity contribution is 5.67. The van der Waals surface area contributed by atoms with Crippen molar-refractivity contribution in [1.29, 1.82) is 0 Å². The van der Waals surface area contributed by atoms with Crippen molar-refractivity contribution in [2.24, 2.45) is 0 Å². The van der Waals surface area contributed by atoms with Crippen LogP contribution in [0.15, 0.2) is 36.4 Å². The zero-order valence-corrected chi connectivity index (χ0v) is 10.2. The smallest absolute Gasteiger partial charge is 0.167 e. The zero-order chi connectivity index (χ0) is 14.0. The van der Waals surface area contributed by atoms with Gasteiger partial charge in [-0.05, 0) is 11.6 Å². The van der Waals surface area contributed by atoms with Crippen LogP contribution in [0.4, 0.5) is 13.2 Å². The van der Waals surface area contributed by atoms with Gasteiger partial charge in [0.1, 0.15) is 12.1 Å². The van der Waals surface area contributed by atoms with Gasteiger partial charge in [0, 0.05) is 17.0 Å². The highest BCUT2D eigenvalue weighted by Gasteiger charge is 2.23. The van der Waals surface area contributed by atoms with E-state index >= 15 is 0 Å². The Morgan fingerprint density at radius 1 is 1.05 bits per heavy atom. The van der Waals surface area contributed by atoms with Crippen LogP contribution in [0.25, 0.3) is 11.1 Å². The molecule has 2 rings (SSSR count). The molecule has 0 bridgehead atoms. The molecule has 0 radical (unpaired) electrons. The second kappa shape index (κ2) is 5.26. The third-order valence-electron chi connectivity index (χ3n) is 2.94. The normalized spacial score (nSPS) is 12.2. The molecule has 19 heavy (non-hydrogen) atoms. The summed E-state index contributed by atoms with van der Waals surface area (Å²) in [4.78, 5) is 10.6. The molecular formula is C15H11F3O. The maximum Gasteiger partial charge on any atom is 0.167 e. The molecule has 0 saturated carbocycles. The van der Waals surface area contributed by atoms with Crippen LogP contribution >= 0.6 is 0 Å². The molecule has 0 heterocycles. The monoisotopic (exact) mass is 264 g/mol. The molecule has 2 aromatic rings. The van der Waals surface area contributed by atoms with E-state index in [4.69, 9.17) is 0 Å². The van der Waals surface area contributed by atoms with Crippen LogP contribution in [0.3, 0.4) is 0 Å². The lowest BCUT2D eigenvalue weighted by atomic mass is 9.96. The summed E-state index contributed by atoms with van der Waals surface area (Å²) in [6, 6.07) is 9.04. The fourth-order valence-electron chi connectivity index (χ4n) is 1.92. The summed E-state index contributed by atoms with van der Waals surface area (Å²) in [6.07, 6.45) is 0.378. The molecule has 0 N–H and O–H groups in total. The minimum Gasteiger partial charge on any atom is -0.303 e. The second-order valence-electron chi connectivity index (χ2n) is 4.24.